The van der Waals surface area contributed by atoms with Crippen LogP contribution in [0.4, 0.5) is 0 Å². The van der Waals surface area contributed by atoms with E-state index in [9.17, 15) is 19.2 Å². The maximum atomic E-state index is 12.0. The van der Waals surface area contributed by atoms with Crippen LogP contribution in [-0.2, 0) is 52.3 Å². The molecule has 152 valence electrons. The molecule has 0 radical (unpaired) electrons. The van der Waals surface area contributed by atoms with E-state index in [1.54, 1.807) is 0 Å². The summed E-state index contributed by atoms with van der Waals surface area (Å²) in [5, 5.41) is 0. The molecule has 2 fully saturated rings. The Bertz CT molecular complexity index is 589. The molecule has 2 bridgehead atoms. The van der Waals surface area contributed by atoms with E-state index in [2.05, 4.69) is 4.74 Å². The van der Waals surface area contributed by atoms with E-state index in [1.807, 2.05) is 0 Å². The van der Waals surface area contributed by atoms with Gasteiger partial charge in [0, 0.05) is 21.0 Å². The summed E-state index contributed by atoms with van der Waals surface area (Å²) in [5.74, 6) is -2.62. The second-order valence-electron chi connectivity index (χ2n) is 5.94. The molecule has 0 aliphatic carbocycles. The minimum atomic E-state index is -1.02. The van der Waals surface area contributed by atoms with E-state index in [0.717, 1.165) is 0 Å². The van der Waals surface area contributed by atoms with Gasteiger partial charge in [0.25, 0.3) is 0 Å². The van der Waals surface area contributed by atoms with Crippen LogP contribution in [0.25, 0.3) is 0 Å². The minimum absolute atomic E-state index is 0.423. The predicted molar refractivity (Wildman–Crippen MR) is 83.3 cm³/mol. The van der Waals surface area contributed by atoms with Crippen LogP contribution in [0.15, 0.2) is 0 Å². The molecule has 0 aromatic heterocycles. The number of carbonyl (C=O) groups excluding carboxylic acids is 4. The molecule has 0 saturated carbocycles. The number of hydrogen-bond donors (Lipinski definition) is 0. The third-order valence-electron chi connectivity index (χ3n) is 4.07. The highest BCUT2D eigenvalue weighted by Gasteiger charge is 2.65. The lowest BCUT2D eigenvalue weighted by Crippen LogP contribution is -2.57. The van der Waals surface area contributed by atoms with Gasteiger partial charge >= 0.3 is 23.9 Å². The Kier molecular flexibility index (Phi) is 7.11. The quantitative estimate of drug-likeness (QED) is 0.363. The fourth-order valence-electron chi connectivity index (χ4n) is 3.13. The highest BCUT2D eigenvalue weighted by molar-refractivity contribution is 5.73. The van der Waals surface area contributed by atoms with Gasteiger partial charge in [0.05, 0.1) is 7.11 Å². The summed E-state index contributed by atoms with van der Waals surface area (Å²) in [6, 6.07) is 0. The minimum Gasteiger partial charge on any atom is -0.467 e. The van der Waals surface area contributed by atoms with Crippen molar-refractivity contribution >= 4 is 23.9 Å². The maximum Gasteiger partial charge on any atom is 0.332 e. The number of fused-ring (bicyclic) bond motifs is 2. The Labute approximate surface area is 155 Å². The highest BCUT2D eigenvalue weighted by atomic mass is 16.7. The van der Waals surface area contributed by atoms with Crippen molar-refractivity contribution in [1.82, 2.24) is 0 Å². The summed E-state index contributed by atoms with van der Waals surface area (Å²) in [6.45, 7) is 1.48. The molecule has 0 spiro atoms. The van der Waals surface area contributed by atoms with E-state index >= 15 is 0 Å². The Balaban J connectivity index is 2.06. The van der Waals surface area contributed by atoms with Gasteiger partial charge in [-0.2, -0.15) is 0 Å². The zero-order valence-corrected chi connectivity index (χ0v) is 15.4. The topological polar surface area (TPSA) is 133 Å². The molecule has 11 heteroatoms. The van der Waals surface area contributed by atoms with Crippen molar-refractivity contribution in [2.45, 2.75) is 50.5 Å². The second-order valence-corrected chi connectivity index (χ2v) is 5.94. The summed E-state index contributed by atoms with van der Waals surface area (Å²) >= 11 is 0. The first-order valence-electron chi connectivity index (χ1n) is 8.15. The monoisotopic (exact) mass is 390 g/mol. The van der Waals surface area contributed by atoms with Gasteiger partial charge in [-0.25, -0.2) is 9.59 Å². The summed E-state index contributed by atoms with van der Waals surface area (Å²) in [6.07, 6.45) is -5.13. The lowest BCUT2D eigenvalue weighted by molar-refractivity contribution is -0.186. The second kappa shape index (κ2) is 9.11. The molecule has 0 aromatic rings. The van der Waals surface area contributed by atoms with Crippen molar-refractivity contribution in [3.8, 4) is 0 Å². The number of carbonyl (C=O) groups is 4. The molecule has 2 aliphatic heterocycles. The summed E-state index contributed by atoms with van der Waals surface area (Å²) in [5.41, 5.74) is 0. The van der Waals surface area contributed by atoms with E-state index < -0.39 is 73.7 Å². The number of hydrogen-bond acceptors (Lipinski definition) is 11. The third kappa shape index (κ3) is 4.93. The first kappa shape index (κ1) is 21.1. The van der Waals surface area contributed by atoms with Gasteiger partial charge in [-0.3, -0.25) is 9.59 Å². The lowest BCUT2D eigenvalue weighted by Gasteiger charge is -2.35. The Morgan fingerprint density at radius 2 is 1.22 bits per heavy atom. The average Bonchev–Trinajstić information content (AvgIpc) is 3.10. The van der Waals surface area contributed by atoms with Crippen LogP contribution in [0, 0.1) is 0 Å². The molecule has 2 aliphatic rings. The largest absolute Gasteiger partial charge is 0.467 e. The highest BCUT2D eigenvalue weighted by Crippen LogP contribution is 2.41. The van der Waals surface area contributed by atoms with E-state index in [-0.39, 0.29) is 0 Å². The van der Waals surface area contributed by atoms with Crippen LogP contribution in [0.3, 0.4) is 0 Å². The zero-order chi connectivity index (χ0) is 20.1. The molecule has 6 atom stereocenters. The number of methoxy groups -OCH3 is 2. The van der Waals surface area contributed by atoms with Gasteiger partial charge in [0.15, 0.2) is 18.3 Å². The molecule has 27 heavy (non-hydrogen) atoms. The number of rotatable bonds is 8. The summed E-state index contributed by atoms with van der Waals surface area (Å²) in [4.78, 5) is 45.8. The van der Waals surface area contributed by atoms with Crippen molar-refractivity contribution in [1.29, 1.82) is 0 Å². The van der Waals surface area contributed by atoms with Crippen LogP contribution in [0.1, 0.15) is 13.8 Å². The first-order valence-corrected chi connectivity index (χ1v) is 8.15. The Hall–Kier alpha value is -2.24. The molecular weight excluding hydrogens is 368 g/mol. The van der Waals surface area contributed by atoms with Gasteiger partial charge in [-0.1, -0.05) is 0 Å². The average molecular weight is 390 g/mol. The molecule has 0 amide bonds. The van der Waals surface area contributed by atoms with Gasteiger partial charge in [0.1, 0.15) is 31.5 Å². The smallest absolute Gasteiger partial charge is 0.332 e. The molecule has 11 nitrogen and oxygen atoms in total. The lowest BCUT2D eigenvalue weighted by atomic mass is 9.89. The van der Waals surface area contributed by atoms with E-state index in [0.29, 0.717) is 0 Å². The third-order valence-corrected chi connectivity index (χ3v) is 4.07. The maximum absolute atomic E-state index is 12.0. The Morgan fingerprint density at radius 1 is 0.741 bits per heavy atom. The molecule has 0 N–H and O–H groups in total. The molecular formula is C16H22O11. The van der Waals surface area contributed by atoms with Crippen LogP contribution in [0.2, 0.25) is 0 Å². The van der Waals surface area contributed by atoms with Crippen molar-refractivity contribution in [2.75, 3.05) is 27.4 Å². The van der Waals surface area contributed by atoms with Crippen LogP contribution < -0.4 is 0 Å². The zero-order valence-electron chi connectivity index (χ0n) is 15.4. The SMILES string of the molecule is COC(=O)COCC(=O)OC1C2O[C@@H](C1OC(C)=O)[C@@H](OC)C2OC(C)=O. The van der Waals surface area contributed by atoms with Crippen LogP contribution >= 0.6 is 0 Å². The normalized spacial score (nSPS) is 31.3. The molecule has 2 saturated heterocycles. The molecule has 2 heterocycles. The molecule has 0 aromatic carbocycles. The van der Waals surface area contributed by atoms with Gasteiger partial charge in [-0.05, 0) is 0 Å². The summed E-state index contributed by atoms with van der Waals surface area (Å²) < 4.78 is 36.1. The van der Waals surface area contributed by atoms with Crippen molar-refractivity contribution in [3.05, 3.63) is 0 Å². The molecule has 4 unspecified atom stereocenters. The fourth-order valence-corrected chi connectivity index (χ4v) is 3.13. The molecule has 2 rings (SSSR count). The predicted octanol–water partition coefficient (Wildman–Crippen LogP) is -1.25. The van der Waals surface area contributed by atoms with E-state index in [4.69, 9.17) is 28.4 Å². The van der Waals surface area contributed by atoms with Crippen molar-refractivity contribution < 1.29 is 52.3 Å². The number of esters is 4. The van der Waals surface area contributed by atoms with Gasteiger partial charge in [0.2, 0.25) is 0 Å². The van der Waals surface area contributed by atoms with Gasteiger partial charge in [-0.15, -0.1) is 0 Å². The van der Waals surface area contributed by atoms with E-state index in [1.165, 1.54) is 28.1 Å². The van der Waals surface area contributed by atoms with Crippen LogP contribution in [-0.4, -0.2) is 87.9 Å². The van der Waals surface area contributed by atoms with Crippen LogP contribution in [0.5, 0.6) is 0 Å². The van der Waals surface area contributed by atoms with Gasteiger partial charge < -0.3 is 33.2 Å². The standard InChI is InChI=1S/C16H22O11/c1-7(17)24-12-11(22-4)13-14(25-8(2)18)15(16(12)27-13)26-10(20)6-23-5-9(19)21-3/h11-16H,5-6H2,1-4H3/t11-,12?,13+,14?,15?,16?/m0/s1. The first-order chi connectivity index (χ1) is 12.8. The van der Waals surface area contributed by atoms with Crippen molar-refractivity contribution in [3.63, 3.8) is 0 Å². The summed E-state index contributed by atoms with van der Waals surface area (Å²) in [7, 11) is 2.58. The fraction of sp³-hybridized carbons (Fsp3) is 0.750. The van der Waals surface area contributed by atoms with Crippen molar-refractivity contribution in [2.24, 2.45) is 0 Å². The number of ether oxygens (including phenoxy) is 7. The Morgan fingerprint density at radius 3 is 1.74 bits per heavy atom.